The maximum absolute atomic E-state index is 6.05. The summed E-state index contributed by atoms with van der Waals surface area (Å²) >= 11 is 0. The molecule has 4 aromatic rings. The molecule has 4 N–H and O–H groups in total. The number of nitrogens with zero attached hydrogens (tertiary/aromatic N) is 4. The molecule has 7 heteroatoms. The summed E-state index contributed by atoms with van der Waals surface area (Å²) in [5, 5.41) is 5.25. The lowest BCUT2D eigenvalue weighted by atomic mass is 10.1. The summed E-state index contributed by atoms with van der Waals surface area (Å²) in [6, 6.07) is 12.9. The van der Waals surface area contributed by atoms with Crippen LogP contribution < -0.4 is 16.2 Å². The number of methoxy groups -OCH3 is 1. The zero-order chi connectivity index (χ0) is 17.4. The summed E-state index contributed by atoms with van der Waals surface area (Å²) in [6.07, 6.45) is 3.45. The Balaban J connectivity index is 1.89. The van der Waals surface area contributed by atoms with Crippen LogP contribution in [0.2, 0.25) is 0 Å². The van der Waals surface area contributed by atoms with E-state index in [2.05, 4.69) is 15.1 Å². The summed E-state index contributed by atoms with van der Waals surface area (Å²) in [6.45, 7) is 0. The molecule has 0 saturated carbocycles. The SMILES string of the molecule is COc1cccc(-n2ncc3cnc(-c4cc(N)ccc4N)nc32)c1. The van der Waals surface area contributed by atoms with Crippen molar-refractivity contribution in [2.45, 2.75) is 0 Å². The lowest BCUT2D eigenvalue weighted by molar-refractivity contribution is 0.414. The minimum atomic E-state index is 0.502. The maximum atomic E-state index is 6.05. The first kappa shape index (κ1) is 14.9. The van der Waals surface area contributed by atoms with Gasteiger partial charge in [-0.15, -0.1) is 0 Å². The highest BCUT2D eigenvalue weighted by molar-refractivity contribution is 5.81. The van der Waals surface area contributed by atoms with Gasteiger partial charge in [0.05, 0.1) is 24.4 Å². The Morgan fingerprint density at radius 3 is 2.76 bits per heavy atom. The third kappa shape index (κ3) is 2.61. The van der Waals surface area contributed by atoms with Gasteiger partial charge in [0, 0.05) is 29.2 Å². The van der Waals surface area contributed by atoms with Gasteiger partial charge in [0.2, 0.25) is 0 Å². The second-order valence-corrected chi connectivity index (χ2v) is 5.58. The van der Waals surface area contributed by atoms with Gasteiger partial charge in [-0.2, -0.15) is 5.10 Å². The van der Waals surface area contributed by atoms with Gasteiger partial charge in [-0.25, -0.2) is 14.6 Å². The van der Waals surface area contributed by atoms with Crippen molar-refractivity contribution in [3.05, 3.63) is 54.9 Å². The Labute approximate surface area is 143 Å². The van der Waals surface area contributed by atoms with Gasteiger partial charge in [-0.1, -0.05) is 6.07 Å². The molecule has 0 atom stereocenters. The molecule has 0 spiro atoms. The number of aromatic nitrogens is 4. The van der Waals surface area contributed by atoms with Crippen LogP contribution in [-0.4, -0.2) is 26.9 Å². The van der Waals surface area contributed by atoms with Gasteiger partial charge in [0.1, 0.15) is 5.75 Å². The lowest BCUT2D eigenvalue weighted by Gasteiger charge is -2.08. The molecule has 2 aromatic carbocycles. The molecule has 0 saturated heterocycles. The predicted molar refractivity (Wildman–Crippen MR) is 97.5 cm³/mol. The molecular formula is C18H16N6O. The van der Waals surface area contributed by atoms with Crippen molar-refractivity contribution in [2.24, 2.45) is 0 Å². The number of hydrogen-bond acceptors (Lipinski definition) is 6. The Morgan fingerprint density at radius 1 is 1.04 bits per heavy atom. The van der Waals surface area contributed by atoms with Gasteiger partial charge in [0.15, 0.2) is 11.5 Å². The fourth-order valence-electron chi connectivity index (χ4n) is 2.65. The van der Waals surface area contributed by atoms with Crippen LogP contribution in [0.4, 0.5) is 11.4 Å². The number of rotatable bonds is 3. The quantitative estimate of drug-likeness (QED) is 0.559. The third-order valence-corrected chi connectivity index (χ3v) is 3.92. The topological polar surface area (TPSA) is 105 Å². The predicted octanol–water partition coefficient (Wildman–Crippen LogP) is 2.66. The first-order valence-electron chi connectivity index (χ1n) is 7.66. The van der Waals surface area contributed by atoms with Crippen molar-refractivity contribution in [1.82, 2.24) is 19.7 Å². The molecule has 0 aliphatic heterocycles. The van der Waals surface area contributed by atoms with Crippen LogP contribution in [0, 0.1) is 0 Å². The highest BCUT2D eigenvalue weighted by Crippen LogP contribution is 2.27. The Kier molecular flexibility index (Phi) is 3.46. The van der Waals surface area contributed by atoms with Crippen molar-refractivity contribution >= 4 is 22.4 Å². The normalized spacial score (nSPS) is 10.9. The van der Waals surface area contributed by atoms with Crippen LogP contribution in [0.3, 0.4) is 0 Å². The highest BCUT2D eigenvalue weighted by atomic mass is 16.5. The molecule has 0 amide bonds. The van der Waals surface area contributed by atoms with E-state index in [0.29, 0.717) is 28.4 Å². The second-order valence-electron chi connectivity index (χ2n) is 5.58. The van der Waals surface area contributed by atoms with E-state index in [4.69, 9.17) is 16.2 Å². The van der Waals surface area contributed by atoms with E-state index in [1.807, 2.05) is 24.3 Å². The van der Waals surface area contributed by atoms with E-state index >= 15 is 0 Å². The Hall–Kier alpha value is -3.61. The fraction of sp³-hybridized carbons (Fsp3) is 0.0556. The average Bonchev–Trinajstić information content (AvgIpc) is 3.07. The van der Waals surface area contributed by atoms with Crippen molar-refractivity contribution in [3.63, 3.8) is 0 Å². The largest absolute Gasteiger partial charge is 0.497 e. The van der Waals surface area contributed by atoms with Gasteiger partial charge in [0.25, 0.3) is 0 Å². The zero-order valence-electron chi connectivity index (χ0n) is 13.5. The summed E-state index contributed by atoms with van der Waals surface area (Å²) < 4.78 is 7.02. The monoisotopic (exact) mass is 332 g/mol. The number of benzene rings is 2. The van der Waals surface area contributed by atoms with E-state index < -0.39 is 0 Å². The number of hydrogen-bond donors (Lipinski definition) is 2. The molecule has 0 radical (unpaired) electrons. The van der Waals surface area contributed by atoms with Crippen LogP contribution in [0.1, 0.15) is 0 Å². The summed E-state index contributed by atoms with van der Waals surface area (Å²) in [5.41, 5.74) is 15.3. The fourth-order valence-corrected chi connectivity index (χ4v) is 2.65. The number of anilines is 2. The van der Waals surface area contributed by atoms with Crippen LogP contribution in [-0.2, 0) is 0 Å². The Bertz CT molecular complexity index is 1070. The maximum Gasteiger partial charge on any atom is 0.166 e. The van der Waals surface area contributed by atoms with Gasteiger partial charge < -0.3 is 16.2 Å². The van der Waals surface area contributed by atoms with Crippen LogP contribution >= 0.6 is 0 Å². The van der Waals surface area contributed by atoms with Crippen molar-refractivity contribution in [2.75, 3.05) is 18.6 Å². The van der Waals surface area contributed by atoms with Crippen molar-refractivity contribution < 1.29 is 4.74 Å². The third-order valence-electron chi connectivity index (χ3n) is 3.92. The minimum Gasteiger partial charge on any atom is -0.497 e. The summed E-state index contributed by atoms with van der Waals surface area (Å²) in [4.78, 5) is 9.05. The van der Waals surface area contributed by atoms with Crippen molar-refractivity contribution in [3.8, 4) is 22.8 Å². The van der Waals surface area contributed by atoms with E-state index in [1.54, 1.807) is 42.4 Å². The molecule has 2 aromatic heterocycles. The molecule has 0 bridgehead atoms. The van der Waals surface area contributed by atoms with E-state index in [9.17, 15) is 0 Å². The zero-order valence-corrected chi connectivity index (χ0v) is 13.5. The smallest absolute Gasteiger partial charge is 0.166 e. The second kappa shape index (κ2) is 5.79. The van der Waals surface area contributed by atoms with Gasteiger partial charge >= 0.3 is 0 Å². The van der Waals surface area contributed by atoms with E-state index in [-0.39, 0.29) is 0 Å². The molecule has 0 unspecified atom stereocenters. The molecule has 0 fully saturated rings. The molecule has 2 heterocycles. The van der Waals surface area contributed by atoms with Crippen LogP contribution in [0.15, 0.2) is 54.9 Å². The number of ether oxygens (including phenoxy) is 1. The summed E-state index contributed by atoms with van der Waals surface area (Å²) in [7, 11) is 1.63. The van der Waals surface area contributed by atoms with E-state index in [0.717, 1.165) is 16.8 Å². The number of nitrogen functional groups attached to an aromatic ring is 2. The first-order valence-corrected chi connectivity index (χ1v) is 7.66. The molecular weight excluding hydrogens is 316 g/mol. The molecule has 0 aliphatic carbocycles. The first-order chi connectivity index (χ1) is 12.2. The average molecular weight is 332 g/mol. The standard InChI is InChI=1S/C18H16N6O/c1-25-14-4-2-3-13(8-14)24-18-11(10-22-24)9-21-17(23-18)15-7-12(19)5-6-16(15)20/h2-10H,19-20H2,1H3. The van der Waals surface area contributed by atoms with Gasteiger partial charge in [-0.05, 0) is 30.3 Å². The van der Waals surface area contributed by atoms with Crippen LogP contribution in [0.25, 0.3) is 28.1 Å². The molecule has 7 nitrogen and oxygen atoms in total. The lowest BCUT2D eigenvalue weighted by Crippen LogP contribution is -2.01. The molecule has 0 aliphatic rings. The Morgan fingerprint density at radius 2 is 1.92 bits per heavy atom. The molecule has 25 heavy (non-hydrogen) atoms. The van der Waals surface area contributed by atoms with Gasteiger partial charge in [-0.3, -0.25) is 0 Å². The number of fused-ring (bicyclic) bond motifs is 1. The molecule has 4 rings (SSSR count). The van der Waals surface area contributed by atoms with Crippen molar-refractivity contribution in [1.29, 1.82) is 0 Å². The number of nitrogens with two attached hydrogens (primary N) is 2. The highest BCUT2D eigenvalue weighted by Gasteiger charge is 2.12. The minimum absolute atomic E-state index is 0.502. The van der Waals surface area contributed by atoms with Crippen LogP contribution in [0.5, 0.6) is 5.75 Å². The molecule has 124 valence electrons. The van der Waals surface area contributed by atoms with E-state index in [1.165, 1.54) is 0 Å². The summed E-state index contributed by atoms with van der Waals surface area (Å²) in [5.74, 6) is 1.25.